The molecule has 2 aromatic rings. The molecule has 7 heteroatoms. The summed E-state index contributed by atoms with van der Waals surface area (Å²) in [4.78, 5) is 15.6. The number of ether oxygens (including phenoxy) is 2. The maximum atomic E-state index is 11.8. The summed E-state index contributed by atoms with van der Waals surface area (Å²) in [6.07, 6.45) is -0.246. The largest absolute Gasteiger partial charge is 0.494 e. The Labute approximate surface area is 153 Å². The molecule has 0 radical (unpaired) electrons. The van der Waals surface area contributed by atoms with Gasteiger partial charge < -0.3 is 19.3 Å². The van der Waals surface area contributed by atoms with Crippen molar-refractivity contribution in [1.82, 2.24) is 15.1 Å². The van der Waals surface area contributed by atoms with E-state index < -0.39 is 0 Å². The van der Waals surface area contributed by atoms with Gasteiger partial charge in [0.1, 0.15) is 5.75 Å². The number of carbonyl (C=O) groups is 1. The molecule has 1 amide bonds. The fourth-order valence-electron chi connectivity index (χ4n) is 2.87. The zero-order valence-corrected chi connectivity index (χ0v) is 15.2. The molecule has 0 saturated carbocycles. The van der Waals surface area contributed by atoms with Crippen molar-refractivity contribution in [2.24, 2.45) is 0 Å². The zero-order chi connectivity index (χ0) is 18.4. The number of aromatic nitrogens is 2. The molecule has 0 unspecified atom stereocenters. The van der Waals surface area contributed by atoms with Gasteiger partial charge in [0, 0.05) is 31.7 Å². The van der Waals surface area contributed by atoms with Crippen LogP contribution >= 0.6 is 0 Å². The van der Waals surface area contributed by atoms with E-state index in [1.54, 1.807) is 4.90 Å². The van der Waals surface area contributed by atoms with Crippen molar-refractivity contribution in [3.8, 4) is 17.0 Å². The number of amides is 1. The van der Waals surface area contributed by atoms with Crippen molar-refractivity contribution < 1.29 is 14.3 Å². The lowest BCUT2D eigenvalue weighted by Gasteiger charge is -2.34. The van der Waals surface area contributed by atoms with Gasteiger partial charge in [0.05, 0.1) is 18.9 Å². The van der Waals surface area contributed by atoms with Crippen LogP contribution in [0.25, 0.3) is 11.3 Å². The molecule has 1 aromatic carbocycles. The summed E-state index contributed by atoms with van der Waals surface area (Å²) in [7, 11) is 0. The number of hydrogen-bond donors (Lipinski definition) is 0. The van der Waals surface area contributed by atoms with E-state index in [1.807, 2.05) is 50.2 Å². The van der Waals surface area contributed by atoms with Crippen molar-refractivity contribution in [1.29, 1.82) is 0 Å². The lowest BCUT2D eigenvalue weighted by atomic mass is 10.1. The number of benzene rings is 1. The average Bonchev–Trinajstić information content (AvgIpc) is 2.69. The second-order valence-electron chi connectivity index (χ2n) is 5.91. The minimum Gasteiger partial charge on any atom is -0.494 e. The predicted octanol–water partition coefficient (Wildman–Crippen LogP) is 2.82. The maximum absolute atomic E-state index is 11.8. The summed E-state index contributed by atoms with van der Waals surface area (Å²) in [6.45, 7) is 7.52. The highest BCUT2D eigenvalue weighted by Gasteiger charge is 2.22. The molecule has 1 saturated heterocycles. The molecule has 1 aliphatic heterocycles. The SMILES string of the molecule is CCOC(=O)N1CCN(c2ccc(-c3ccc(OCC)cc3)nn2)CC1. The highest BCUT2D eigenvalue weighted by molar-refractivity contribution is 5.68. The van der Waals surface area contributed by atoms with Crippen molar-refractivity contribution in [3.05, 3.63) is 36.4 Å². The molecule has 3 rings (SSSR count). The summed E-state index contributed by atoms with van der Waals surface area (Å²) in [5.41, 5.74) is 1.82. The van der Waals surface area contributed by atoms with Crippen LogP contribution < -0.4 is 9.64 Å². The van der Waals surface area contributed by atoms with E-state index in [4.69, 9.17) is 9.47 Å². The van der Waals surface area contributed by atoms with Gasteiger partial charge in [-0.25, -0.2) is 4.79 Å². The molecule has 0 bridgehead atoms. The first-order valence-electron chi connectivity index (χ1n) is 8.95. The van der Waals surface area contributed by atoms with Crippen LogP contribution in [0.2, 0.25) is 0 Å². The van der Waals surface area contributed by atoms with Gasteiger partial charge >= 0.3 is 6.09 Å². The van der Waals surface area contributed by atoms with E-state index in [-0.39, 0.29) is 6.09 Å². The number of hydrogen-bond acceptors (Lipinski definition) is 6. The van der Waals surface area contributed by atoms with Gasteiger partial charge in [-0.15, -0.1) is 10.2 Å². The Morgan fingerprint density at radius 2 is 1.69 bits per heavy atom. The second kappa shape index (κ2) is 8.51. The highest BCUT2D eigenvalue weighted by atomic mass is 16.6. The van der Waals surface area contributed by atoms with Crippen LogP contribution in [0.1, 0.15) is 13.8 Å². The fourth-order valence-corrected chi connectivity index (χ4v) is 2.87. The van der Waals surface area contributed by atoms with Crippen LogP contribution in [0.15, 0.2) is 36.4 Å². The Morgan fingerprint density at radius 1 is 0.962 bits per heavy atom. The molecule has 138 valence electrons. The molecule has 2 heterocycles. The molecule has 0 aliphatic carbocycles. The van der Waals surface area contributed by atoms with Crippen LogP contribution in [0.4, 0.5) is 10.6 Å². The smallest absolute Gasteiger partial charge is 0.409 e. The van der Waals surface area contributed by atoms with Gasteiger partial charge in [-0.05, 0) is 50.2 Å². The standard InChI is InChI=1S/C19H24N4O3/c1-3-25-16-7-5-15(6-8-16)17-9-10-18(21-20-17)22-11-13-23(14-12-22)19(24)26-4-2/h5-10H,3-4,11-14H2,1-2H3. The van der Waals surface area contributed by atoms with E-state index in [9.17, 15) is 4.79 Å². The van der Waals surface area contributed by atoms with Crippen LogP contribution in [0, 0.1) is 0 Å². The van der Waals surface area contributed by atoms with Crippen molar-refractivity contribution in [2.75, 3.05) is 44.3 Å². The molecule has 26 heavy (non-hydrogen) atoms. The van der Waals surface area contributed by atoms with E-state index in [0.29, 0.717) is 26.3 Å². The third-order valence-electron chi connectivity index (χ3n) is 4.24. The van der Waals surface area contributed by atoms with Crippen LogP contribution in [0.3, 0.4) is 0 Å². The van der Waals surface area contributed by atoms with Gasteiger partial charge in [0.15, 0.2) is 5.82 Å². The number of anilines is 1. The monoisotopic (exact) mass is 356 g/mol. The summed E-state index contributed by atoms with van der Waals surface area (Å²) < 4.78 is 10.5. The van der Waals surface area contributed by atoms with E-state index in [2.05, 4.69) is 15.1 Å². The summed E-state index contributed by atoms with van der Waals surface area (Å²) in [5.74, 6) is 1.67. The molecule has 1 fully saturated rings. The molecule has 7 nitrogen and oxygen atoms in total. The molecular weight excluding hydrogens is 332 g/mol. The number of nitrogens with zero attached hydrogens (tertiary/aromatic N) is 4. The molecular formula is C19H24N4O3. The first-order valence-corrected chi connectivity index (χ1v) is 8.95. The Kier molecular flexibility index (Phi) is 5.88. The topological polar surface area (TPSA) is 67.8 Å². The van der Waals surface area contributed by atoms with Crippen LogP contribution in [-0.2, 0) is 4.74 Å². The number of piperazine rings is 1. The fraction of sp³-hybridized carbons (Fsp3) is 0.421. The molecule has 1 aromatic heterocycles. The first-order chi connectivity index (χ1) is 12.7. The summed E-state index contributed by atoms with van der Waals surface area (Å²) in [5, 5.41) is 8.70. The Hall–Kier alpha value is -2.83. The number of rotatable bonds is 5. The second-order valence-corrected chi connectivity index (χ2v) is 5.91. The zero-order valence-electron chi connectivity index (χ0n) is 15.2. The van der Waals surface area contributed by atoms with Crippen molar-refractivity contribution >= 4 is 11.9 Å². The third kappa shape index (κ3) is 4.22. The van der Waals surface area contributed by atoms with E-state index in [1.165, 1.54) is 0 Å². The maximum Gasteiger partial charge on any atom is 0.409 e. The van der Waals surface area contributed by atoms with E-state index in [0.717, 1.165) is 35.9 Å². The minimum absolute atomic E-state index is 0.246. The van der Waals surface area contributed by atoms with Gasteiger partial charge in [0.25, 0.3) is 0 Å². The molecule has 0 atom stereocenters. The Balaban J connectivity index is 1.60. The van der Waals surface area contributed by atoms with Gasteiger partial charge in [0.2, 0.25) is 0 Å². The normalized spacial score (nSPS) is 14.2. The van der Waals surface area contributed by atoms with Gasteiger partial charge in [-0.1, -0.05) is 0 Å². The summed E-state index contributed by atoms with van der Waals surface area (Å²) in [6, 6.07) is 11.8. The van der Waals surface area contributed by atoms with E-state index >= 15 is 0 Å². The third-order valence-corrected chi connectivity index (χ3v) is 4.24. The van der Waals surface area contributed by atoms with Gasteiger partial charge in [-0.2, -0.15) is 0 Å². The quantitative estimate of drug-likeness (QED) is 0.821. The lowest BCUT2D eigenvalue weighted by molar-refractivity contribution is 0.105. The summed E-state index contributed by atoms with van der Waals surface area (Å²) >= 11 is 0. The van der Waals surface area contributed by atoms with Gasteiger partial charge in [-0.3, -0.25) is 0 Å². The Bertz CT molecular complexity index is 711. The minimum atomic E-state index is -0.246. The Morgan fingerprint density at radius 3 is 2.27 bits per heavy atom. The lowest BCUT2D eigenvalue weighted by Crippen LogP contribution is -2.49. The molecule has 0 spiro atoms. The molecule has 1 aliphatic rings. The van der Waals surface area contributed by atoms with Crippen LogP contribution in [0.5, 0.6) is 5.75 Å². The van der Waals surface area contributed by atoms with Crippen LogP contribution in [-0.4, -0.2) is 60.6 Å². The number of carbonyl (C=O) groups excluding carboxylic acids is 1. The van der Waals surface area contributed by atoms with Crippen molar-refractivity contribution in [3.63, 3.8) is 0 Å². The first kappa shape index (κ1) is 18.0. The average molecular weight is 356 g/mol. The highest BCUT2D eigenvalue weighted by Crippen LogP contribution is 2.22. The van der Waals surface area contributed by atoms with Crippen molar-refractivity contribution in [2.45, 2.75) is 13.8 Å². The predicted molar refractivity (Wildman–Crippen MR) is 99.4 cm³/mol. The molecule has 0 N–H and O–H groups in total.